The van der Waals surface area contributed by atoms with Crippen molar-refractivity contribution < 1.29 is 37.0 Å². The van der Waals surface area contributed by atoms with Crippen LogP contribution in [0.5, 0.6) is 0 Å². The Kier molecular flexibility index (Phi) is 5.12. The molecule has 0 bridgehead atoms. The quantitative estimate of drug-likeness (QED) is 0.584. The van der Waals surface area contributed by atoms with Gasteiger partial charge in [-0.25, -0.2) is 9.59 Å². The van der Waals surface area contributed by atoms with E-state index < -0.39 is 29.6 Å². The van der Waals surface area contributed by atoms with Gasteiger partial charge in [0.05, 0.1) is 13.7 Å². The normalized spacial score (nSPS) is 14.3. The molecule has 0 aromatic rings. The van der Waals surface area contributed by atoms with Crippen molar-refractivity contribution in [2.75, 3.05) is 13.7 Å². The fourth-order valence-electron chi connectivity index (χ4n) is 0.916. The van der Waals surface area contributed by atoms with Gasteiger partial charge in [-0.3, -0.25) is 4.79 Å². The molecule has 0 aromatic heterocycles. The lowest BCUT2D eigenvalue weighted by Crippen LogP contribution is -2.63. The van der Waals surface area contributed by atoms with Crippen LogP contribution in [-0.2, 0) is 23.9 Å². The van der Waals surface area contributed by atoms with Crippen molar-refractivity contribution in [3.05, 3.63) is 0 Å². The highest BCUT2D eigenvalue weighted by Crippen LogP contribution is 2.31. The van der Waals surface area contributed by atoms with Crippen LogP contribution in [0.4, 0.5) is 13.2 Å². The predicted molar refractivity (Wildman–Crippen MR) is 51.3 cm³/mol. The number of hydrogen-bond donors (Lipinski definition) is 1. The van der Waals surface area contributed by atoms with E-state index in [2.05, 4.69) is 9.47 Å². The molecule has 0 saturated carbocycles. The first-order chi connectivity index (χ1) is 8.10. The highest BCUT2D eigenvalue weighted by atomic mass is 19.4. The first-order valence-electron chi connectivity index (χ1n) is 4.74. The molecule has 1 atom stereocenters. The minimum Gasteiger partial charge on any atom is -0.467 e. The first-order valence-corrected chi connectivity index (χ1v) is 4.74. The van der Waals surface area contributed by atoms with Crippen LogP contribution in [0.15, 0.2) is 0 Å². The van der Waals surface area contributed by atoms with Crippen molar-refractivity contribution >= 4 is 17.8 Å². The van der Waals surface area contributed by atoms with E-state index in [9.17, 15) is 27.6 Å². The number of nitrogens with one attached hydrogen (secondary N) is 1. The fraction of sp³-hybridized carbons (Fsp3) is 0.667. The van der Waals surface area contributed by atoms with Crippen LogP contribution in [0, 0.1) is 0 Å². The third-order valence-corrected chi connectivity index (χ3v) is 1.98. The van der Waals surface area contributed by atoms with Gasteiger partial charge in [-0.05, 0) is 13.8 Å². The van der Waals surface area contributed by atoms with Crippen LogP contribution in [0.25, 0.3) is 0 Å². The highest BCUT2D eigenvalue weighted by molar-refractivity contribution is 6.33. The molecule has 0 aliphatic rings. The van der Waals surface area contributed by atoms with Gasteiger partial charge in [-0.2, -0.15) is 13.2 Å². The average Bonchev–Trinajstić information content (AvgIpc) is 2.26. The molecular weight excluding hydrogens is 259 g/mol. The number of carbonyl (C=O) groups excluding carboxylic acids is 3. The SMILES string of the molecule is CCOC(=O)C(=O)NC(C)(C(=O)OC)C(F)(F)F. The molecule has 1 unspecified atom stereocenters. The number of carbonyl (C=O) groups is 3. The molecule has 0 fully saturated rings. The Labute approximate surface area is 100 Å². The summed E-state index contributed by atoms with van der Waals surface area (Å²) in [5.41, 5.74) is -3.31. The van der Waals surface area contributed by atoms with Gasteiger partial charge >= 0.3 is 24.0 Å². The minimum atomic E-state index is -5.12. The molecule has 0 radical (unpaired) electrons. The minimum absolute atomic E-state index is 0.187. The second-order valence-electron chi connectivity index (χ2n) is 3.29. The van der Waals surface area contributed by atoms with Gasteiger partial charge < -0.3 is 14.8 Å². The van der Waals surface area contributed by atoms with E-state index in [4.69, 9.17) is 0 Å². The lowest BCUT2D eigenvalue weighted by atomic mass is 10.0. The van der Waals surface area contributed by atoms with E-state index in [1.807, 2.05) is 0 Å². The van der Waals surface area contributed by atoms with E-state index in [1.54, 1.807) is 0 Å². The predicted octanol–water partition coefficient (Wildman–Crippen LogP) is 0.160. The number of halogens is 3. The third kappa shape index (κ3) is 3.34. The zero-order chi connectivity index (χ0) is 14.6. The van der Waals surface area contributed by atoms with Gasteiger partial charge in [0.1, 0.15) is 0 Å². The molecule has 18 heavy (non-hydrogen) atoms. The van der Waals surface area contributed by atoms with Crippen molar-refractivity contribution in [3.8, 4) is 0 Å². The smallest absolute Gasteiger partial charge is 0.422 e. The molecule has 0 saturated heterocycles. The standard InChI is InChI=1S/C9H12F3NO5/c1-4-18-6(15)5(14)13-8(2,7(16)17-3)9(10,11)12/h4H2,1-3H3,(H,13,14). The van der Waals surface area contributed by atoms with E-state index in [-0.39, 0.29) is 6.61 Å². The molecule has 1 amide bonds. The summed E-state index contributed by atoms with van der Waals surface area (Å²) in [7, 11) is 0.725. The number of amides is 1. The van der Waals surface area contributed by atoms with Gasteiger partial charge in [-0.15, -0.1) is 0 Å². The monoisotopic (exact) mass is 271 g/mol. The lowest BCUT2D eigenvalue weighted by Gasteiger charge is -2.29. The zero-order valence-corrected chi connectivity index (χ0v) is 9.88. The molecule has 104 valence electrons. The van der Waals surface area contributed by atoms with Gasteiger partial charge in [0.25, 0.3) is 0 Å². The molecule has 0 aromatic carbocycles. The molecule has 9 heteroatoms. The number of rotatable bonds is 3. The highest BCUT2D eigenvalue weighted by Gasteiger charge is 2.59. The van der Waals surface area contributed by atoms with Crippen molar-refractivity contribution in [1.29, 1.82) is 0 Å². The summed E-state index contributed by atoms with van der Waals surface area (Å²) < 4.78 is 46.2. The summed E-state index contributed by atoms with van der Waals surface area (Å²) in [6.45, 7) is 1.57. The van der Waals surface area contributed by atoms with Crippen molar-refractivity contribution in [1.82, 2.24) is 5.32 Å². The summed E-state index contributed by atoms with van der Waals surface area (Å²) in [6.07, 6.45) is -5.12. The molecule has 0 aliphatic carbocycles. The largest absolute Gasteiger partial charge is 0.467 e. The van der Waals surface area contributed by atoms with E-state index in [1.165, 1.54) is 12.2 Å². The maximum Gasteiger partial charge on any atom is 0.422 e. The van der Waals surface area contributed by atoms with E-state index in [0.717, 1.165) is 7.11 Å². The van der Waals surface area contributed by atoms with Crippen molar-refractivity contribution in [2.45, 2.75) is 25.6 Å². The topological polar surface area (TPSA) is 81.7 Å². The Morgan fingerprint density at radius 1 is 1.22 bits per heavy atom. The van der Waals surface area contributed by atoms with Gasteiger partial charge in [-0.1, -0.05) is 0 Å². The summed E-state index contributed by atoms with van der Waals surface area (Å²) in [6, 6.07) is 0. The zero-order valence-electron chi connectivity index (χ0n) is 9.88. The van der Waals surface area contributed by atoms with Gasteiger partial charge in [0.2, 0.25) is 5.54 Å². The lowest BCUT2D eigenvalue weighted by molar-refractivity contribution is -0.209. The number of methoxy groups -OCH3 is 1. The second-order valence-corrected chi connectivity index (χ2v) is 3.29. The molecule has 0 aliphatic heterocycles. The molecule has 0 heterocycles. The molecular formula is C9H12F3NO5. The molecule has 6 nitrogen and oxygen atoms in total. The Morgan fingerprint density at radius 3 is 2.06 bits per heavy atom. The Balaban J connectivity index is 5.11. The number of hydrogen-bond acceptors (Lipinski definition) is 5. The number of ether oxygens (including phenoxy) is 2. The Morgan fingerprint density at radius 2 is 1.72 bits per heavy atom. The van der Waals surface area contributed by atoms with Gasteiger partial charge in [0.15, 0.2) is 0 Å². The molecule has 0 spiro atoms. The van der Waals surface area contributed by atoms with Crippen LogP contribution in [0.1, 0.15) is 13.8 Å². The van der Waals surface area contributed by atoms with Crippen LogP contribution in [-0.4, -0.2) is 43.3 Å². The first kappa shape index (κ1) is 16.2. The summed E-state index contributed by atoms with van der Waals surface area (Å²) in [5, 5.41) is 1.26. The van der Waals surface area contributed by atoms with Crippen LogP contribution in [0.3, 0.4) is 0 Å². The molecule has 0 rings (SSSR count). The van der Waals surface area contributed by atoms with Crippen molar-refractivity contribution in [3.63, 3.8) is 0 Å². The van der Waals surface area contributed by atoms with Crippen LogP contribution >= 0.6 is 0 Å². The average molecular weight is 271 g/mol. The van der Waals surface area contributed by atoms with E-state index in [0.29, 0.717) is 6.92 Å². The Bertz CT molecular complexity index is 355. The number of esters is 2. The summed E-state index contributed by atoms with van der Waals surface area (Å²) in [4.78, 5) is 33.1. The third-order valence-electron chi connectivity index (χ3n) is 1.98. The van der Waals surface area contributed by atoms with E-state index >= 15 is 0 Å². The van der Waals surface area contributed by atoms with Gasteiger partial charge in [0, 0.05) is 0 Å². The maximum atomic E-state index is 12.7. The molecule has 1 N–H and O–H groups in total. The number of alkyl halides is 3. The summed E-state index contributed by atoms with van der Waals surface area (Å²) in [5.74, 6) is -4.94. The maximum absolute atomic E-state index is 12.7. The van der Waals surface area contributed by atoms with Crippen LogP contribution < -0.4 is 5.32 Å². The summed E-state index contributed by atoms with van der Waals surface area (Å²) >= 11 is 0. The second kappa shape index (κ2) is 5.69. The van der Waals surface area contributed by atoms with Crippen LogP contribution in [0.2, 0.25) is 0 Å². The Hall–Kier alpha value is -1.80. The van der Waals surface area contributed by atoms with Crippen molar-refractivity contribution in [2.24, 2.45) is 0 Å². The fourth-order valence-corrected chi connectivity index (χ4v) is 0.916.